The van der Waals surface area contributed by atoms with E-state index in [1.165, 1.54) is 12.8 Å². The summed E-state index contributed by atoms with van der Waals surface area (Å²) in [7, 11) is 0. The number of nitrogens with one attached hydrogen (secondary N) is 1. The minimum atomic E-state index is 0.355. The summed E-state index contributed by atoms with van der Waals surface area (Å²) in [6.45, 7) is 7.64. The van der Waals surface area contributed by atoms with Gasteiger partial charge < -0.3 is 5.32 Å². The van der Waals surface area contributed by atoms with E-state index in [0.29, 0.717) is 12.0 Å². The molecule has 2 aromatic rings. The fourth-order valence-corrected chi connectivity index (χ4v) is 3.38. The first kappa shape index (κ1) is 12.0. The molecule has 1 aliphatic heterocycles. The van der Waals surface area contributed by atoms with Crippen LogP contribution in [0.15, 0.2) is 0 Å². The number of hydrogen-bond acceptors (Lipinski definition) is 5. The van der Waals surface area contributed by atoms with Crippen molar-refractivity contribution < 1.29 is 0 Å². The molecule has 0 saturated carbocycles. The summed E-state index contributed by atoms with van der Waals surface area (Å²) < 4.78 is 1.91. The van der Waals surface area contributed by atoms with E-state index < -0.39 is 0 Å². The molecule has 2 atom stereocenters. The Bertz CT molecular complexity index is 544. The standard InChI is InChI=1S/C12H19N5S/c1-7(2)10-14-15-12-17(10)16-11(18-12)9-6-8(3)4-5-13-9/h7-9,13H,4-6H2,1-3H3. The first-order valence-corrected chi connectivity index (χ1v) is 7.42. The maximum atomic E-state index is 4.70. The first-order chi connectivity index (χ1) is 8.65. The number of rotatable bonds is 2. The summed E-state index contributed by atoms with van der Waals surface area (Å²) in [6.07, 6.45) is 2.43. The van der Waals surface area contributed by atoms with Gasteiger partial charge in [0.15, 0.2) is 5.82 Å². The highest BCUT2D eigenvalue weighted by atomic mass is 32.1. The van der Waals surface area contributed by atoms with Gasteiger partial charge in [0.25, 0.3) is 0 Å². The van der Waals surface area contributed by atoms with Gasteiger partial charge in [0.1, 0.15) is 5.01 Å². The van der Waals surface area contributed by atoms with Crippen molar-refractivity contribution in [3.8, 4) is 0 Å². The second kappa shape index (κ2) is 4.59. The van der Waals surface area contributed by atoms with Gasteiger partial charge in [-0.05, 0) is 25.3 Å². The van der Waals surface area contributed by atoms with Gasteiger partial charge in [0, 0.05) is 5.92 Å². The van der Waals surface area contributed by atoms with Crippen LogP contribution in [-0.4, -0.2) is 26.4 Å². The number of hydrogen-bond donors (Lipinski definition) is 1. The quantitative estimate of drug-likeness (QED) is 0.905. The van der Waals surface area contributed by atoms with Crippen LogP contribution in [0.3, 0.4) is 0 Å². The molecule has 6 heteroatoms. The lowest BCUT2D eigenvalue weighted by Crippen LogP contribution is -2.30. The molecule has 0 bridgehead atoms. The Kier molecular flexibility index (Phi) is 3.07. The molecule has 98 valence electrons. The van der Waals surface area contributed by atoms with E-state index in [1.54, 1.807) is 11.3 Å². The fraction of sp³-hybridized carbons (Fsp3) is 0.750. The van der Waals surface area contributed by atoms with Gasteiger partial charge in [0.05, 0.1) is 6.04 Å². The Morgan fingerprint density at radius 2 is 2.22 bits per heavy atom. The van der Waals surface area contributed by atoms with E-state index in [2.05, 4.69) is 36.3 Å². The van der Waals surface area contributed by atoms with Crippen LogP contribution in [-0.2, 0) is 0 Å². The van der Waals surface area contributed by atoms with Gasteiger partial charge in [-0.2, -0.15) is 9.61 Å². The van der Waals surface area contributed by atoms with E-state index in [0.717, 1.165) is 28.3 Å². The lowest BCUT2D eigenvalue weighted by atomic mass is 9.95. The highest BCUT2D eigenvalue weighted by molar-refractivity contribution is 7.16. The van der Waals surface area contributed by atoms with Crippen molar-refractivity contribution in [2.75, 3.05) is 6.54 Å². The topological polar surface area (TPSA) is 55.1 Å². The van der Waals surface area contributed by atoms with Crippen LogP contribution < -0.4 is 5.32 Å². The lowest BCUT2D eigenvalue weighted by Gasteiger charge is -2.26. The molecular formula is C12H19N5S. The normalized spacial score (nSPS) is 25.1. The molecule has 3 heterocycles. The predicted octanol–water partition coefficient (Wildman–Crippen LogP) is 2.37. The molecule has 1 aliphatic rings. The van der Waals surface area contributed by atoms with Crippen molar-refractivity contribution in [2.24, 2.45) is 5.92 Å². The van der Waals surface area contributed by atoms with E-state index >= 15 is 0 Å². The predicted molar refractivity (Wildman–Crippen MR) is 71.9 cm³/mol. The highest BCUT2D eigenvalue weighted by Crippen LogP contribution is 2.30. The van der Waals surface area contributed by atoms with Crippen molar-refractivity contribution in [3.05, 3.63) is 10.8 Å². The molecule has 0 amide bonds. The molecule has 18 heavy (non-hydrogen) atoms. The molecule has 1 N–H and O–H groups in total. The van der Waals surface area contributed by atoms with Crippen LogP contribution >= 0.6 is 11.3 Å². The smallest absolute Gasteiger partial charge is 0.234 e. The van der Waals surface area contributed by atoms with Crippen molar-refractivity contribution in [3.63, 3.8) is 0 Å². The zero-order chi connectivity index (χ0) is 12.7. The van der Waals surface area contributed by atoms with Gasteiger partial charge in [-0.3, -0.25) is 0 Å². The molecule has 2 unspecified atom stereocenters. The average Bonchev–Trinajstić information content (AvgIpc) is 2.87. The Labute approximate surface area is 111 Å². The largest absolute Gasteiger partial charge is 0.308 e. The molecule has 1 fully saturated rings. The SMILES string of the molecule is CC1CCNC(c2nn3c(C(C)C)nnc3s2)C1. The number of aromatic nitrogens is 4. The van der Waals surface area contributed by atoms with Crippen LogP contribution in [0, 0.1) is 5.92 Å². The Hall–Kier alpha value is -1.01. The van der Waals surface area contributed by atoms with Gasteiger partial charge in [-0.25, -0.2) is 0 Å². The molecule has 3 rings (SSSR count). The molecular weight excluding hydrogens is 246 g/mol. The summed E-state index contributed by atoms with van der Waals surface area (Å²) in [5, 5.41) is 17.8. The zero-order valence-corrected chi connectivity index (χ0v) is 11.9. The average molecular weight is 265 g/mol. The monoisotopic (exact) mass is 265 g/mol. The van der Waals surface area contributed by atoms with Crippen LogP contribution in [0.2, 0.25) is 0 Å². The van der Waals surface area contributed by atoms with E-state index in [-0.39, 0.29) is 0 Å². The maximum Gasteiger partial charge on any atom is 0.234 e. The molecule has 1 saturated heterocycles. The number of piperidine rings is 1. The highest BCUT2D eigenvalue weighted by Gasteiger charge is 2.24. The first-order valence-electron chi connectivity index (χ1n) is 6.60. The van der Waals surface area contributed by atoms with Gasteiger partial charge in [-0.1, -0.05) is 32.1 Å². The maximum absolute atomic E-state index is 4.70. The third-order valence-electron chi connectivity index (χ3n) is 3.51. The van der Waals surface area contributed by atoms with Gasteiger partial charge in [0.2, 0.25) is 4.96 Å². The van der Waals surface area contributed by atoms with Crippen molar-refractivity contribution >= 4 is 16.3 Å². The van der Waals surface area contributed by atoms with Crippen LogP contribution in [0.25, 0.3) is 4.96 Å². The molecule has 2 aromatic heterocycles. The van der Waals surface area contributed by atoms with Gasteiger partial charge >= 0.3 is 0 Å². The van der Waals surface area contributed by atoms with Crippen molar-refractivity contribution in [1.29, 1.82) is 0 Å². The third-order valence-corrected chi connectivity index (χ3v) is 4.52. The van der Waals surface area contributed by atoms with Crippen LogP contribution in [0.1, 0.15) is 56.4 Å². The Balaban J connectivity index is 1.93. The summed E-state index contributed by atoms with van der Waals surface area (Å²) in [6, 6.07) is 0.389. The van der Waals surface area contributed by atoms with Crippen LogP contribution in [0.4, 0.5) is 0 Å². The lowest BCUT2D eigenvalue weighted by molar-refractivity contribution is 0.323. The number of nitrogens with zero attached hydrogens (tertiary/aromatic N) is 4. The fourth-order valence-electron chi connectivity index (χ4n) is 2.44. The minimum Gasteiger partial charge on any atom is -0.308 e. The summed E-state index contributed by atoms with van der Waals surface area (Å²) in [4.78, 5) is 0.911. The zero-order valence-electron chi connectivity index (χ0n) is 11.1. The second-order valence-electron chi connectivity index (χ2n) is 5.48. The minimum absolute atomic E-state index is 0.355. The molecule has 0 aliphatic carbocycles. The van der Waals surface area contributed by atoms with Crippen molar-refractivity contribution in [2.45, 2.75) is 45.6 Å². The molecule has 0 aromatic carbocycles. The number of fused-ring (bicyclic) bond motifs is 1. The Morgan fingerprint density at radius 1 is 1.39 bits per heavy atom. The molecule has 0 radical (unpaired) electrons. The van der Waals surface area contributed by atoms with E-state index in [9.17, 15) is 0 Å². The summed E-state index contributed by atoms with van der Waals surface area (Å²) >= 11 is 1.66. The van der Waals surface area contributed by atoms with E-state index in [4.69, 9.17) is 5.10 Å². The van der Waals surface area contributed by atoms with E-state index in [1.807, 2.05) is 4.52 Å². The molecule has 5 nitrogen and oxygen atoms in total. The molecule has 0 spiro atoms. The van der Waals surface area contributed by atoms with Gasteiger partial charge in [-0.15, -0.1) is 10.2 Å². The summed E-state index contributed by atoms with van der Waals surface area (Å²) in [5.74, 6) is 2.08. The van der Waals surface area contributed by atoms with Crippen LogP contribution in [0.5, 0.6) is 0 Å². The Morgan fingerprint density at radius 3 is 2.94 bits per heavy atom. The third kappa shape index (κ3) is 2.03. The van der Waals surface area contributed by atoms with Crippen molar-refractivity contribution in [1.82, 2.24) is 25.1 Å². The second-order valence-corrected chi connectivity index (χ2v) is 6.47. The summed E-state index contributed by atoms with van der Waals surface area (Å²) in [5.41, 5.74) is 0.